The number of fused-ring (bicyclic) bond motifs is 5. The Kier molecular flexibility index (Phi) is 11.0. The third-order valence-electron chi connectivity index (χ3n) is 9.03. The molecule has 0 aliphatic rings. The van der Waals surface area contributed by atoms with Crippen LogP contribution in [0.5, 0.6) is 11.5 Å². The minimum atomic E-state index is -1.24. The Morgan fingerprint density at radius 3 is 1.27 bits per heavy atom. The Bertz CT molecular complexity index is 2750. The molecule has 7 aromatic carbocycles. The molecule has 0 aliphatic carbocycles. The molecule has 0 amide bonds. The fourth-order valence-electron chi connectivity index (χ4n) is 6.43. The summed E-state index contributed by atoms with van der Waals surface area (Å²) >= 11 is 0. The molecular formula is C44H32IrN7O4-. The van der Waals surface area contributed by atoms with E-state index < -0.39 is 5.97 Å². The molecule has 0 N–H and O–H groups in total. The Balaban J connectivity index is 0.000000132. The van der Waals surface area contributed by atoms with Gasteiger partial charge in [0, 0.05) is 53.2 Å². The van der Waals surface area contributed by atoms with Gasteiger partial charge < -0.3 is 19.4 Å². The molecule has 3 aromatic heterocycles. The molecule has 12 heteroatoms. The zero-order chi connectivity index (χ0) is 37.7. The zero-order valence-electron chi connectivity index (χ0n) is 30.1. The number of carboxylic acids is 1. The van der Waals surface area contributed by atoms with E-state index >= 15 is 0 Å². The van der Waals surface area contributed by atoms with Crippen molar-refractivity contribution in [3.63, 3.8) is 0 Å². The summed E-state index contributed by atoms with van der Waals surface area (Å²) in [5.41, 5.74) is 5.44. The van der Waals surface area contributed by atoms with E-state index in [2.05, 4.69) is 37.5 Å². The number of hydrogen-bond donors (Lipinski definition) is 0. The fourth-order valence-corrected chi connectivity index (χ4v) is 6.43. The number of benzene rings is 7. The SMILES string of the molecule is COc1ccc(-n2nc3ccccc3n2)c2ccccc12.COc1ccc(-n2nc3ccccc3n2)c2ccccc12.O=C([O-])c1nccc2ccccc12.[Ir]. The van der Waals surface area contributed by atoms with E-state index in [1.807, 2.05) is 121 Å². The van der Waals surface area contributed by atoms with Gasteiger partial charge in [-0.3, -0.25) is 4.98 Å². The van der Waals surface area contributed by atoms with E-state index in [1.54, 1.807) is 42.0 Å². The van der Waals surface area contributed by atoms with Gasteiger partial charge in [-0.25, -0.2) is 0 Å². The third kappa shape index (κ3) is 7.39. The maximum atomic E-state index is 10.6. The van der Waals surface area contributed by atoms with Crippen molar-refractivity contribution in [2.24, 2.45) is 0 Å². The molecule has 277 valence electrons. The molecule has 0 spiro atoms. The number of aromatic carboxylic acids is 1. The molecule has 0 bridgehead atoms. The van der Waals surface area contributed by atoms with Crippen molar-refractivity contribution in [2.75, 3.05) is 14.2 Å². The molecule has 0 aliphatic heterocycles. The number of carbonyl (C=O) groups excluding carboxylic acids is 1. The second-order valence-corrected chi connectivity index (χ2v) is 12.3. The number of carboxylic acid groups (broad SMARTS) is 1. The van der Waals surface area contributed by atoms with Crippen molar-refractivity contribution in [1.29, 1.82) is 0 Å². The molecule has 1 radical (unpaired) electrons. The van der Waals surface area contributed by atoms with Crippen LogP contribution in [0.4, 0.5) is 0 Å². The van der Waals surface area contributed by atoms with E-state index in [0.717, 1.165) is 71.9 Å². The van der Waals surface area contributed by atoms with Gasteiger partial charge in [0.15, 0.2) is 0 Å². The molecule has 3 heterocycles. The predicted octanol–water partition coefficient (Wildman–Crippen LogP) is 7.76. The van der Waals surface area contributed by atoms with Crippen molar-refractivity contribution in [3.05, 3.63) is 164 Å². The van der Waals surface area contributed by atoms with Crippen LogP contribution in [0, 0.1) is 0 Å². The first-order valence-corrected chi connectivity index (χ1v) is 17.3. The van der Waals surface area contributed by atoms with Gasteiger partial charge in [0.05, 0.1) is 37.3 Å². The Morgan fingerprint density at radius 1 is 0.482 bits per heavy atom. The third-order valence-corrected chi connectivity index (χ3v) is 9.03. The van der Waals surface area contributed by atoms with Crippen molar-refractivity contribution in [3.8, 4) is 22.9 Å². The van der Waals surface area contributed by atoms with Gasteiger partial charge in [0.25, 0.3) is 0 Å². The van der Waals surface area contributed by atoms with Gasteiger partial charge in [-0.15, -0.1) is 30.0 Å². The van der Waals surface area contributed by atoms with Crippen LogP contribution in [0.25, 0.3) is 65.8 Å². The summed E-state index contributed by atoms with van der Waals surface area (Å²) < 4.78 is 10.9. The molecule has 0 saturated heterocycles. The maximum absolute atomic E-state index is 10.6. The number of nitrogens with zero attached hydrogens (tertiary/aromatic N) is 7. The van der Waals surface area contributed by atoms with Crippen LogP contribution < -0.4 is 14.6 Å². The smallest absolute Gasteiger partial charge is 0.126 e. The molecule has 0 fully saturated rings. The molecule has 11 nitrogen and oxygen atoms in total. The monoisotopic (exact) mass is 915 g/mol. The van der Waals surface area contributed by atoms with E-state index in [-0.39, 0.29) is 25.8 Å². The van der Waals surface area contributed by atoms with Crippen LogP contribution >= 0.6 is 0 Å². The van der Waals surface area contributed by atoms with E-state index in [0.29, 0.717) is 5.39 Å². The van der Waals surface area contributed by atoms with E-state index in [1.165, 1.54) is 6.20 Å². The van der Waals surface area contributed by atoms with Gasteiger partial charge in [-0.1, -0.05) is 97.1 Å². The largest absolute Gasteiger partial charge is 0.543 e. The number of rotatable bonds is 5. The van der Waals surface area contributed by atoms with Crippen LogP contribution in [0.2, 0.25) is 0 Å². The van der Waals surface area contributed by atoms with Crippen LogP contribution in [-0.2, 0) is 20.1 Å². The standard InChI is InChI=1S/2C17H13N3O.C10H7NO2.Ir/c2*1-21-17-11-10-16(12-6-2-3-7-13(12)17)20-18-14-8-4-5-9-15(14)19-20;12-10(13)9-8-4-2-1-3-7(8)5-6-11-9;/h2*2-11H,1H3;1-6H,(H,12,13);/p-1. The van der Waals surface area contributed by atoms with Gasteiger partial charge >= 0.3 is 0 Å². The van der Waals surface area contributed by atoms with Crippen molar-refractivity contribution in [2.45, 2.75) is 0 Å². The predicted molar refractivity (Wildman–Crippen MR) is 212 cm³/mol. The second-order valence-electron chi connectivity index (χ2n) is 12.3. The first kappa shape index (κ1) is 37.3. The van der Waals surface area contributed by atoms with Gasteiger partial charge in [-0.05, 0) is 60.0 Å². The van der Waals surface area contributed by atoms with Crippen LogP contribution in [0.3, 0.4) is 0 Å². The number of aromatic nitrogens is 7. The minimum Gasteiger partial charge on any atom is -0.543 e. The van der Waals surface area contributed by atoms with Crippen LogP contribution in [0.1, 0.15) is 10.5 Å². The minimum absolute atomic E-state index is 0. The molecule has 0 unspecified atom stereocenters. The van der Waals surface area contributed by atoms with Gasteiger partial charge in [-0.2, -0.15) is 0 Å². The normalized spacial score (nSPS) is 10.7. The quantitative estimate of drug-likeness (QED) is 0.170. The molecule has 10 aromatic rings. The summed E-state index contributed by atoms with van der Waals surface area (Å²) in [5.74, 6) is 0.467. The maximum Gasteiger partial charge on any atom is 0.126 e. The Labute approximate surface area is 334 Å². The summed E-state index contributed by atoms with van der Waals surface area (Å²) in [7, 11) is 3.36. The van der Waals surface area contributed by atoms with Gasteiger partial charge in [0.2, 0.25) is 0 Å². The average Bonchev–Trinajstić information content (AvgIpc) is 3.88. The van der Waals surface area contributed by atoms with Gasteiger partial charge in [0.1, 0.15) is 33.6 Å². The number of methoxy groups -OCH3 is 2. The number of ether oxygens (including phenoxy) is 2. The number of pyridine rings is 1. The fraction of sp³-hybridized carbons (Fsp3) is 0.0455. The molecule has 0 atom stereocenters. The number of hydrogen-bond acceptors (Lipinski definition) is 9. The van der Waals surface area contributed by atoms with Crippen molar-refractivity contribution in [1.82, 2.24) is 35.0 Å². The molecule has 0 saturated carbocycles. The van der Waals surface area contributed by atoms with E-state index in [4.69, 9.17) is 9.47 Å². The molecule has 10 rings (SSSR count). The summed E-state index contributed by atoms with van der Waals surface area (Å²) in [6.45, 7) is 0. The second kappa shape index (κ2) is 16.6. The van der Waals surface area contributed by atoms with Crippen molar-refractivity contribution < 1.29 is 39.5 Å². The van der Waals surface area contributed by atoms with E-state index in [9.17, 15) is 9.90 Å². The molecule has 56 heavy (non-hydrogen) atoms. The molecular weight excluding hydrogens is 883 g/mol. The number of carbonyl (C=O) groups is 1. The summed E-state index contributed by atoms with van der Waals surface area (Å²) in [4.78, 5) is 17.8. The first-order valence-electron chi connectivity index (χ1n) is 17.3. The topological polar surface area (TPSA) is 133 Å². The van der Waals surface area contributed by atoms with Crippen LogP contribution in [0.15, 0.2) is 158 Å². The summed E-state index contributed by atoms with van der Waals surface area (Å²) in [5, 5.41) is 34.6. The first-order chi connectivity index (χ1) is 27.0. The van der Waals surface area contributed by atoms with Crippen LogP contribution in [-0.4, -0.2) is 55.2 Å². The Hall–Kier alpha value is -7.01. The van der Waals surface area contributed by atoms with Crippen molar-refractivity contribution >= 4 is 60.4 Å². The average molecular weight is 915 g/mol. The zero-order valence-corrected chi connectivity index (χ0v) is 32.5. The summed E-state index contributed by atoms with van der Waals surface area (Å²) in [6, 6.07) is 48.7. The Morgan fingerprint density at radius 2 is 0.857 bits per heavy atom. The summed E-state index contributed by atoms with van der Waals surface area (Å²) in [6.07, 6.45) is 1.47.